The Balaban J connectivity index is 1.79. The Labute approximate surface area is 183 Å². The van der Waals surface area contributed by atoms with Gasteiger partial charge in [-0.05, 0) is 76.6 Å². The van der Waals surface area contributed by atoms with Gasteiger partial charge in [-0.3, -0.25) is 0 Å². The number of fused-ring (bicyclic) bond motifs is 5. The lowest BCUT2D eigenvalue weighted by molar-refractivity contribution is 0.318. The van der Waals surface area contributed by atoms with E-state index in [0.29, 0.717) is 22.1 Å². The lowest BCUT2D eigenvalue weighted by Gasteiger charge is -2.35. The Morgan fingerprint density at radius 3 is 2.41 bits per heavy atom. The highest BCUT2D eigenvalue weighted by Gasteiger charge is 2.51. The molecule has 1 nitrogen and oxygen atoms in total. The van der Waals surface area contributed by atoms with E-state index in [0.717, 1.165) is 5.56 Å². The molecule has 1 saturated carbocycles. The van der Waals surface area contributed by atoms with E-state index >= 15 is 0 Å². The summed E-state index contributed by atoms with van der Waals surface area (Å²) >= 11 is 12.5. The fraction of sp³-hybridized carbons (Fsp3) is 0.346. The summed E-state index contributed by atoms with van der Waals surface area (Å²) in [5.74, 6) is 1.39. The van der Waals surface area contributed by atoms with E-state index in [-0.39, 0.29) is 5.41 Å². The van der Waals surface area contributed by atoms with Gasteiger partial charge in [0.2, 0.25) is 0 Å². The van der Waals surface area contributed by atoms with Gasteiger partial charge in [0, 0.05) is 5.41 Å². The smallest absolute Gasteiger partial charge is 0.131 e. The van der Waals surface area contributed by atoms with Crippen molar-refractivity contribution < 1.29 is 0 Å². The van der Waals surface area contributed by atoms with Gasteiger partial charge >= 0.3 is 0 Å². The molecule has 2 aromatic carbocycles. The molecule has 29 heavy (non-hydrogen) atoms. The third kappa shape index (κ3) is 2.94. The SMILES string of the molecule is CC(C)CC1CCCC12c1ccccc1-c1c(-c3cc(Cl)nc(Cl)c3)cccc12. The quantitative estimate of drug-likeness (QED) is 0.388. The fourth-order valence-corrected chi connectivity index (χ4v) is 6.45. The zero-order chi connectivity index (χ0) is 20.2. The van der Waals surface area contributed by atoms with Crippen LogP contribution in [0.25, 0.3) is 22.3 Å². The first-order valence-electron chi connectivity index (χ1n) is 10.6. The van der Waals surface area contributed by atoms with Gasteiger partial charge in [-0.2, -0.15) is 0 Å². The van der Waals surface area contributed by atoms with Crippen LogP contribution in [0.4, 0.5) is 0 Å². The van der Waals surface area contributed by atoms with E-state index in [2.05, 4.69) is 61.3 Å². The average Bonchev–Trinajstić information content (AvgIpc) is 3.22. The van der Waals surface area contributed by atoms with Crippen LogP contribution in [0.3, 0.4) is 0 Å². The van der Waals surface area contributed by atoms with E-state index in [4.69, 9.17) is 23.2 Å². The molecule has 1 aromatic heterocycles. The number of halogens is 2. The summed E-state index contributed by atoms with van der Waals surface area (Å²) in [6.07, 6.45) is 5.10. The van der Waals surface area contributed by atoms with Gasteiger partial charge in [0.1, 0.15) is 10.3 Å². The van der Waals surface area contributed by atoms with Crippen LogP contribution in [-0.4, -0.2) is 4.98 Å². The van der Waals surface area contributed by atoms with Gasteiger partial charge < -0.3 is 0 Å². The Morgan fingerprint density at radius 2 is 1.66 bits per heavy atom. The van der Waals surface area contributed by atoms with Crippen LogP contribution >= 0.6 is 23.2 Å². The van der Waals surface area contributed by atoms with E-state index in [1.165, 1.54) is 53.5 Å². The highest BCUT2D eigenvalue weighted by molar-refractivity contribution is 6.33. The first kappa shape index (κ1) is 19.2. The second kappa shape index (κ2) is 7.15. The van der Waals surface area contributed by atoms with Crippen molar-refractivity contribution in [3.63, 3.8) is 0 Å². The van der Waals surface area contributed by atoms with Crippen molar-refractivity contribution in [2.75, 3.05) is 0 Å². The summed E-state index contributed by atoms with van der Waals surface area (Å²) in [5, 5.41) is 0.870. The van der Waals surface area contributed by atoms with Crippen molar-refractivity contribution in [3.8, 4) is 22.3 Å². The minimum absolute atomic E-state index is 0.132. The third-order valence-electron chi connectivity index (χ3n) is 6.87. The first-order chi connectivity index (χ1) is 14.0. The van der Waals surface area contributed by atoms with Crippen LogP contribution in [-0.2, 0) is 5.41 Å². The van der Waals surface area contributed by atoms with Crippen LogP contribution in [0, 0.1) is 11.8 Å². The topological polar surface area (TPSA) is 12.9 Å². The lowest BCUT2D eigenvalue weighted by Crippen LogP contribution is -2.30. The Hall–Kier alpha value is -1.83. The number of rotatable bonds is 3. The predicted molar refractivity (Wildman–Crippen MR) is 123 cm³/mol. The zero-order valence-corrected chi connectivity index (χ0v) is 18.4. The zero-order valence-electron chi connectivity index (χ0n) is 16.9. The summed E-state index contributed by atoms with van der Waals surface area (Å²) in [4.78, 5) is 4.14. The molecule has 0 saturated heterocycles. The molecular formula is C26H25Cl2N. The number of hydrogen-bond acceptors (Lipinski definition) is 1. The van der Waals surface area contributed by atoms with E-state index < -0.39 is 0 Å². The minimum Gasteiger partial charge on any atom is -0.224 e. The summed E-state index contributed by atoms with van der Waals surface area (Å²) in [6.45, 7) is 4.70. The monoisotopic (exact) mass is 421 g/mol. The molecule has 5 rings (SSSR count). The molecule has 1 heterocycles. The maximum Gasteiger partial charge on any atom is 0.131 e. The van der Waals surface area contributed by atoms with Gasteiger partial charge in [-0.1, -0.05) is 85.9 Å². The molecule has 2 atom stereocenters. The normalized spacial score (nSPS) is 22.3. The van der Waals surface area contributed by atoms with Crippen LogP contribution in [0.1, 0.15) is 50.7 Å². The molecule has 0 bridgehead atoms. The fourth-order valence-electron chi connectivity index (χ4n) is 5.99. The molecule has 1 spiro atoms. The maximum atomic E-state index is 6.26. The van der Waals surface area contributed by atoms with Crippen LogP contribution < -0.4 is 0 Å². The second-order valence-corrected chi connectivity index (χ2v) is 9.74. The average molecular weight is 422 g/mol. The molecule has 0 aliphatic heterocycles. The summed E-state index contributed by atoms with van der Waals surface area (Å²) in [6, 6.07) is 19.6. The largest absolute Gasteiger partial charge is 0.224 e. The van der Waals surface area contributed by atoms with Gasteiger partial charge in [-0.15, -0.1) is 0 Å². The summed E-state index contributed by atoms with van der Waals surface area (Å²) < 4.78 is 0. The van der Waals surface area contributed by atoms with Crippen LogP contribution in [0.15, 0.2) is 54.6 Å². The Kier molecular flexibility index (Phi) is 4.72. The summed E-state index contributed by atoms with van der Waals surface area (Å²) in [5.41, 5.74) is 8.10. The maximum absolute atomic E-state index is 6.26. The molecule has 3 aromatic rings. The molecule has 2 aliphatic rings. The Morgan fingerprint density at radius 1 is 0.966 bits per heavy atom. The van der Waals surface area contributed by atoms with Gasteiger partial charge in [0.05, 0.1) is 0 Å². The molecule has 148 valence electrons. The third-order valence-corrected chi connectivity index (χ3v) is 7.26. The van der Waals surface area contributed by atoms with Crippen molar-refractivity contribution in [3.05, 3.63) is 76.0 Å². The molecule has 2 unspecified atom stereocenters. The van der Waals surface area contributed by atoms with E-state index in [1.807, 2.05) is 12.1 Å². The van der Waals surface area contributed by atoms with Crippen molar-refractivity contribution >= 4 is 23.2 Å². The number of benzene rings is 2. The van der Waals surface area contributed by atoms with Crippen LogP contribution in [0.2, 0.25) is 10.3 Å². The van der Waals surface area contributed by atoms with Crippen molar-refractivity contribution in [2.45, 2.75) is 44.9 Å². The van der Waals surface area contributed by atoms with E-state index in [9.17, 15) is 0 Å². The first-order valence-corrected chi connectivity index (χ1v) is 11.3. The highest BCUT2D eigenvalue weighted by Crippen LogP contribution is 2.62. The van der Waals surface area contributed by atoms with Crippen molar-refractivity contribution in [1.29, 1.82) is 0 Å². The minimum atomic E-state index is 0.132. The van der Waals surface area contributed by atoms with Crippen molar-refractivity contribution in [1.82, 2.24) is 4.98 Å². The van der Waals surface area contributed by atoms with Crippen LogP contribution in [0.5, 0.6) is 0 Å². The van der Waals surface area contributed by atoms with Gasteiger partial charge in [0.25, 0.3) is 0 Å². The molecule has 1 fully saturated rings. The number of aromatic nitrogens is 1. The van der Waals surface area contributed by atoms with Crippen molar-refractivity contribution in [2.24, 2.45) is 11.8 Å². The lowest BCUT2D eigenvalue weighted by atomic mass is 9.68. The predicted octanol–water partition coefficient (Wildman–Crippen LogP) is 8.17. The molecular weight excluding hydrogens is 397 g/mol. The molecule has 3 heteroatoms. The number of hydrogen-bond donors (Lipinski definition) is 0. The van der Waals surface area contributed by atoms with E-state index in [1.54, 1.807) is 0 Å². The number of pyridine rings is 1. The second-order valence-electron chi connectivity index (χ2n) is 8.97. The molecule has 0 radical (unpaired) electrons. The van der Waals surface area contributed by atoms with Gasteiger partial charge in [0.15, 0.2) is 0 Å². The highest BCUT2D eigenvalue weighted by atomic mass is 35.5. The molecule has 0 amide bonds. The van der Waals surface area contributed by atoms with Gasteiger partial charge in [-0.25, -0.2) is 4.98 Å². The number of nitrogens with zero attached hydrogens (tertiary/aromatic N) is 1. The standard InChI is InChI=1S/C26H25Cl2N/c1-16(2)13-18-7-6-12-26(18)21-10-4-3-8-20(21)25-19(9-5-11-22(25)26)17-14-23(27)29-24(28)15-17/h3-5,8-11,14-16,18H,6-7,12-13H2,1-2H3. The molecule has 2 aliphatic carbocycles. The summed E-state index contributed by atoms with van der Waals surface area (Å²) in [7, 11) is 0. The molecule has 0 N–H and O–H groups in total. The Bertz CT molecular complexity index is 1070.